The number of hydrogen-bond acceptors (Lipinski definition) is 2. The van der Waals surface area contributed by atoms with Crippen LogP contribution in [0.4, 0.5) is 0 Å². The third kappa shape index (κ3) is 20.4. The molecule has 0 bridgehead atoms. The average molecular weight is 347 g/mol. The summed E-state index contributed by atoms with van der Waals surface area (Å²) < 4.78 is 5.04. The second-order valence-corrected chi connectivity index (χ2v) is 6.20. The van der Waals surface area contributed by atoms with Crippen LogP contribution < -0.4 is 0 Å². The van der Waals surface area contributed by atoms with Gasteiger partial charge in [-0.2, -0.15) is 0 Å². The quantitative estimate of drug-likeness (QED) is 0.169. The van der Waals surface area contributed by atoms with Crippen molar-refractivity contribution in [3.63, 3.8) is 0 Å². The van der Waals surface area contributed by atoms with E-state index in [9.17, 15) is 4.79 Å². The van der Waals surface area contributed by atoms with Gasteiger partial charge in [0.2, 0.25) is 0 Å². The van der Waals surface area contributed by atoms with E-state index < -0.39 is 0 Å². The third-order valence-corrected chi connectivity index (χ3v) is 3.68. The van der Waals surface area contributed by atoms with Crippen molar-refractivity contribution in [1.82, 2.24) is 0 Å². The molecule has 0 atom stereocenters. The third-order valence-electron chi connectivity index (χ3n) is 3.68. The second kappa shape index (κ2) is 20.5. The summed E-state index contributed by atoms with van der Waals surface area (Å²) in [5.41, 5.74) is 0. The fourth-order valence-electron chi connectivity index (χ4n) is 2.21. The predicted molar refractivity (Wildman–Crippen MR) is 110 cm³/mol. The molecule has 0 aliphatic heterocycles. The lowest BCUT2D eigenvalue weighted by Crippen LogP contribution is -2.04. The minimum Gasteiger partial charge on any atom is -0.466 e. The van der Waals surface area contributed by atoms with Gasteiger partial charge in [0, 0.05) is 6.42 Å². The molecule has 0 saturated heterocycles. The van der Waals surface area contributed by atoms with Crippen LogP contribution in [0, 0.1) is 0 Å². The zero-order chi connectivity index (χ0) is 18.4. The number of allylic oxidation sites excluding steroid dienone is 8. The number of hydrogen-bond donors (Lipinski definition) is 0. The predicted octanol–water partition coefficient (Wildman–Crippen LogP) is 7.09. The van der Waals surface area contributed by atoms with Gasteiger partial charge in [0.05, 0.1) is 6.61 Å². The molecule has 0 fully saturated rings. The van der Waals surface area contributed by atoms with E-state index in [2.05, 4.69) is 55.5 Å². The molecule has 0 rings (SSSR count). The number of esters is 1. The minimum absolute atomic E-state index is 0.0715. The molecule has 0 aromatic carbocycles. The van der Waals surface area contributed by atoms with E-state index in [1.165, 1.54) is 25.7 Å². The molecule has 0 unspecified atom stereocenters. The van der Waals surface area contributed by atoms with Crippen molar-refractivity contribution in [2.24, 2.45) is 0 Å². The standard InChI is InChI=1S/C23H38O2/c1-3-5-6-7-8-9-10-11-12-13-14-15-16-17-18-19-20-21-23(24)25-22-4-2/h8-9,11-12,14-15,17-18H,3-7,10,13,16,19-22H2,1-2H3/b9-8+,12-11+,15-14+,18-17+. The smallest absolute Gasteiger partial charge is 0.305 e. The Kier molecular flexibility index (Phi) is 19.2. The van der Waals surface area contributed by atoms with Crippen molar-refractivity contribution in [3.8, 4) is 0 Å². The van der Waals surface area contributed by atoms with Crippen LogP contribution >= 0.6 is 0 Å². The molecule has 0 aromatic rings. The number of ether oxygens (including phenoxy) is 1. The Balaban J connectivity index is 3.44. The largest absolute Gasteiger partial charge is 0.466 e. The number of carbonyl (C=O) groups excluding carboxylic acids is 1. The summed E-state index contributed by atoms with van der Waals surface area (Å²) in [7, 11) is 0. The van der Waals surface area contributed by atoms with E-state index in [1.54, 1.807) is 0 Å². The Morgan fingerprint density at radius 1 is 0.680 bits per heavy atom. The molecular formula is C23H38O2. The van der Waals surface area contributed by atoms with Crippen LogP contribution in [0.25, 0.3) is 0 Å². The Morgan fingerprint density at radius 3 is 1.72 bits per heavy atom. The SMILES string of the molecule is CCCCC/C=C/C/C=C/C/C=C/C/C=C/CCCC(=O)OCCC. The van der Waals surface area contributed by atoms with E-state index in [0.717, 1.165) is 38.5 Å². The van der Waals surface area contributed by atoms with E-state index in [1.807, 2.05) is 6.92 Å². The van der Waals surface area contributed by atoms with Crippen LogP contribution in [0.2, 0.25) is 0 Å². The van der Waals surface area contributed by atoms with Gasteiger partial charge >= 0.3 is 5.97 Å². The monoisotopic (exact) mass is 346 g/mol. The highest BCUT2D eigenvalue weighted by Crippen LogP contribution is 2.02. The molecule has 0 aliphatic carbocycles. The van der Waals surface area contributed by atoms with E-state index >= 15 is 0 Å². The first kappa shape index (κ1) is 23.4. The van der Waals surface area contributed by atoms with Gasteiger partial charge in [-0.25, -0.2) is 0 Å². The molecule has 0 saturated carbocycles. The van der Waals surface area contributed by atoms with Crippen molar-refractivity contribution in [3.05, 3.63) is 48.6 Å². The summed E-state index contributed by atoms with van der Waals surface area (Å²) in [6, 6.07) is 0. The maximum Gasteiger partial charge on any atom is 0.305 e. The first-order valence-electron chi connectivity index (χ1n) is 10.1. The van der Waals surface area contributed by atoms with Crippen molar-refractivity contribution in [2.45, 2.75) is 84.5 Å². The fourth-order valence-corrected chi connectivity index (χ4v) is 2.21. The first-order chi connectivity index (χ1) is 12.3. The topological polar surface area (TPSA) is 26.3 Å². The van der Waals surface area contributed by atoms with Crippen LogP contribution in [-0.2, 0) is 9.53 Å². The summed E-state index contributed by atoms with van der Waals surface area (Å²) in [5, 5.41) is 0. The van der Waals surface area contributed by atoms with E-state index in [0.29, 0.717) is 13.0 Å². The van der Waals surface area contributed by atoms with Crippen molar-refractivity contribution >= 4 is 5.97 Å². The average Bonchev–Trinajstić information content (AvgIpc) is 2.62. The molecule has 2 nitrogen and oxygen atoms in total. The van der Waals surface area contributed by atoms with Crippen LogP contribution in [0.3, 0.4) is 0 Å². The zero-order valence-corrected chi connectivity index (χ0v) is 16.4. The van der Waals surface area contributed by atoms with Gasteiger partial charge in [0.15, 0.2) is 0 Å². The molecule has 0 radical (unpaired) electrons. The molecule has 0 amide bonds. The molecule has 25 heavy (non-hydrogen) atoms. The molecule has 0 N–H and O–H groups in total. The van der Waals surface area contributed by atoms with Gasteiger partial charge in [-0.3, -0.25) is 4.79 Å². The molecule has 0 aromatic heterocycles. The normalized spacial score (nSPS) is 12.2. The number of carbonyl (C=O) groups is 1. The Morgan fingerprint density at radius 2 is 1.20 bits per heavy atom. The zero-order valence-electron chi connectivity index (χ0n) is 16.4. The lowest BCUT2D eigenvalue weighted by Gasteiger charge is -2.00. The highest BCUT2D eigenvalue weighted by molar-refractivity contribution is 5.69. The van der Waals surface area contributed by atoms with Crippen LogP contribution in [0.1, 0.15) is 84.5 Å². The Labute approximate surface area is 155 Å². The van der Waals surface area contributed by atoms with Crippen molar-refractivity contribution in [1.29, 1.82) is 0 Å². The summed E-state index contributed by atoms with van der Waals surface area (Å²) in [4.78, 5) is 11.3. The summed E-state index contributed by atoms with van der Waals surface area (Å²) in [5.74, 6) is -0.0715. The molecule has 2 heteroatoms. The summed E-state index contributed by atoms with van der Waals surface area (Å²) in [6.45, 7) is 4.79. The van der Waals surface area contributed by atoms with Gasteiger partial charge in [-0.1, -0.05) is 75.3 Å². The van der Waals surface area contributed by atoms with Crippen LogP contribution in [0.15, 0.2) is 48.6 Å². The van der Waals surface area contributed by atoms with E-state index in [-0.39, 0.29) is 5.97 Å². The van der Waals surface area contributed by atoms with Gasteiger partial charge in [-0.05, 0) is 51.4 Å². The van der Waals surface area contributed by atoms with Gasteiger partial charge in [0.1, 0.15) is 0 Å². The maximum absolute atomic E-state index is 11.3. The lowest BCUT2D eigenvalue weighted by atomic mass is 10.2. The summed E-state index contributed by atoms with van der Waals surface area (Å²) >= 11 is 0. The minimum atomic E-state index is -0.0715. The van der Waals surface area contributed by atoms with E-state index in [4.69, 9.17) is 4.74 Å². The van der Waals surface area contributed by atoms with Gasteiger partial charge in [-0.15, -0.1) is 0 Å². The highest BCUT2D eigenvalue weighted by Gasteiger charge is 1.99. The van der Waals surface area contributed by atoms with Gasteiger partial charge < -0.3 is 4.74 Å². The molecular weight excluding hydrogens is 308 g/mol. The van der Waals surface area contributed by atoms with Crippen LogP contribution in [0.5, 0.6) is 0 Å². The molecule has 0 spiro atoms. The van der Waals surface area contributed by atoms with Crippen molar-refractivity contribution in [2.75, 3.05) is 6.61 Å². The lowest BCUT2D eigenvalue weighted by molar-refractivity contribution is -0.143. The summed E-state index contributed by atoms with van der Waals surface area (Å²) in [6.07, 6.45) is 29.1. The highest BCUT2D eigenvalue weighted by atomic mass is 16.5. The van der Waals surface area contributed by atoms with Crippen LogP contribution in [-0.4, -0.2) is 12.6 Å². The fraction of sp³-hybridized carbons (Fsp3) is 0.609. The molecule has 142 valence electrons. The first-order valence-corrected chi connectivity index (χ1v) is 10.1. The molecule has 0 aliphatic rings. The number of unbranched alkanes of at least 4 members (excludes halogenated alkanes) is 4. The second-order valence-electron chi connectivity index (χ2n) is 6.20. The maximum atomic E-state index is 11.3. The van der Waals surface area contributed by atoms with Gasteiger partial charge in [0.25, 0.3) is 0 Å². The van der Waals surface area contributed by atoms with Crippen molar-refractivity contribution < 1.29 is 9.53 Å². The molecule has 0 heterocycles. The Bertz CT molecular complexity index is 402. The Hall–Kier alpha value is -1.57. The number of rotatable bonds is 16.